The fraction of sp³-hybridized carbons (Fsp3) is 0.538. The highest BCUT2D eigenvalue weighted by atomic mass is 19.2. The van der Waals surface area contributed by atoms with Gasteiger partial charge in [0, 0.05) is 12.6 Å². The van der Waals surface area contributed by atoms with Crippen molar-refractivity contribution in [1.82, 2.24) is 4.90 Å². The maximum atomic E-state index is 13.7. The molecule has 1 aliphatic heterocycles. The molecule has 5 nitrogen and oxygen atoms in total. The molecule has 0 spiro atoms. The third-order valence-electron chi connectivity index (χ3n) is 3.68. The van der Waals surface area contributed by atoms with Gasteiger partial charge in [0.1, 0.15) is 0 Å². The monoisotopic (exact) mass is 285 g/mol. The number of nitrogens with zero attached hydrogens (tertiary/aromatic N) is 2. The van der Waals surface area contributed by atoms with Crippen molar-refractivity contribution in [1.29, 1.82) is 0 Å². The summed E-state index contributed by atoms with van der Waals surface area (Å²) in [7, 11) is 2.03. The lowest BCUT2D eigenvalue weighted by Gasteiger charge is -2.29. The van der Waals surface area contributed by atoms with Crippen molar-refractivity contribution < 1.29 is 13.7 Å². The SMILES string of the molecule is CN1CCC(CNc2c([N+](=O)[O-])ccc(F)c2F)CC1. The Balaban J connectivity index is 2.08. The van der Waals surface area contributed by atoms with Gasteiger partial charge < -0.3 is 10.2 Å². The first-order valence-electron chi connectivity index (χ1n) is 6.54. The third kappa shape index (κ3) is 3.22. The van der Waals surface area contributed by atoms with Crippen molar-refractivity contribution in [3.8, 4) is 0 Å². The van der Waals surface area contributed by atoms with Crippen molar-refractivity contribution in [2.24, 2.45) is 5.92 Å². The van der Waals surface area contributed by atoms with Gasteiger partial charge in [-0.1, -0.05) is 0 Å². The normalized spacial score (nSPS) is 17.1. The average Bonchev–Trinajstić information content (AvgIpc) is 2.42. The summed E-state index contributed by atoms with van der Waals surface area (Å²) in [6, 6.07) is 1.75. The molecule has 1 aliphatic rings. The van der Waals surface area contributed by atoms with Crippen LogP contribution >= 0.6 is 0 Å². The van der Waals surface area contributed by atoms with Crippen molar-refractivity contribution >= 4 is 11.4 Å². The van der Waals surface area contributed by atoms with E-state index in [-0.39, 0.29) is 5.69 Å². The molecule has 20 heavy (non-hydrogen) atoms. The van der Waals surface area contributed by atoms with Crippen molar-refractivity contribution in [2.45, 2.75) is 12.8 Å². The van der Waals surface area contributed by atoms with E-state index in [4.69, 9.17) is 0 Å². The molecule has 1 aromatic carbocycles. The van der Waals surface area contributed by atoms with Crippen molar-refractivity contribution in [3.05, 3.63) is 33.9 Å². The second-order valence-corrected chi connectivity index (χ2v) is 5.14. The minimum absolute atomic E-state index is 0.313. The van der Waals surface area contributed by atoms with Gasteiger partial charge in [0.15, 0.2) is 17.3 Å². The third-order valence-corrected chi connectivity index (χ3v) is 3.68. The number of hydrogen-bond acceptors (Lipinski definition) is 4. The van der Waals surface area contributed by atoms with Gasteiger partial charge in [0.05, 0.1) is 4.92 Å². The van der Waals surface area contributed by atoms with Gasteiger partial charge in [-0.3, -0.25) is 10.1 Å². The molecule has 0 amide bonds. The maximum absolute atomic E-state index is 13.7. The number of nitrogens with one attached hydrogen (secondary N) is 1. The fourth-order valence-electron chi connectivity index (χ4n) is 2.37. The highest BCUT2D eigenvalue weighted by Crippen LogP contribution is 2.29. The Hall–Kier alpha value is -1.76. The summed E-state index contributed by atoms with van der Waals surface area (Å²) in [4.78, 5) is 12.3. The summed E-state index contributed by atoms with van der Waals surface area (Å²) in [6.45, 7) is 2.30. The number of nitro groups is 1. The van der Waals surface area contributed by atoms with E-state index in [2.05, 4.69) is 10.2 Å². The Morgan fingerprint density at radius 3 is 2.65 bits per heavy atom. The zero-order chi connectivity index (χ0) is 14.7. The lowest BCUT2D eigenvalue weighted by Crippen LogP contribution is -2.33. The summed E-state index contributed by atoms with van der Waals surface area (Å²) < 4.78 is 26.9. The lowest BCUT2D eigenvalue weighted by atomic mass is 9.97. The molecule has 1 saturated heterocycles. The Morgan fingerprint density at radius 1 is 1.40 bits per heavy atom. The Kier molecular flexibility index (Phi) is 4.49. The van der Waals surface area contributed by atoms with Crippen molar-refractivity contribution in [3.63, 3.8) is 0 Å². The number of hydrogen-bond donors (Lipinski definition) is 1. The van der Waals surface area contributed by atoms with Gasteiger partial charge in [-0.05, 0) is 45.0 Å². The van der Waals surface area contributed by atoms with E-state index in [0.717, 1.165) is 38.1 Å². The number of likely N-dealkylation sites (tertiary alicyclic amines) is 1. The number of piperidine rings is 1. The summed E-state index contributed by atoms with van der Waals surface area (Å²) >= 11 is 0. The number of nitro benzene ring substituents is 1. The minimum atomic E-state index is -1.19. The molecule has 0 saturated carbocycles. The van der Waals surface area contributed by atoms with E-state index in [9.17, 15) is 18.9 Å². The van der Waals surface area contributed by atoms with Crippen LogP contribution in [-0.4, -0.2) is 36.5 Å². The molecule has 1 fully saturated rings. The first-order chi connectivity index (χ1) is 9.49. The predicted octanol–water partition coefficient (Wildman–Crippen LogP) is 2.63. The zero-order valence-electron chi connectivity index (χ0n) is 11.2. The quantitative estimate of drug-likeness (QED) is 0.682. The van der Waals surface area contributed by atoms with E-state index in [0.29, 0.717) is 12.5 Å². The molecule has 0 bridgehead atoms. The second-order valence-electron chi connectivity index (χ2n) is 5.14. The fourth-order valence-corrected chi connectivity index (χ4v) is 2.37. The molecule has 0 radical (unpaired) electrons. The molecule has 1 heterocycles. The Bertz CT molecular complexity index is 503. The Labute approximate surface area is 115 Å². The highest BCUT2D eigenvalue weighted by molar-refractivity contribution is 5.62. The molecule has 1 N–H and O–H groups in total. The van der Waals surface area contributed by atoms with E-state index in [1.54, 1.807) is 0 Å². The van der Waals surface area contributed by atoms with Gasteiger partial charge in [0.2, 0.25) is 0 Å². The van der Waals surface area contributed by atoms with Crippen LogP contribution in [0.3, 0.4) is 0 Å². The minimum Gasteiger partial charge on any atom is -0.377 e. The van der Waals surface area contributed by atoms with Crippen LogP contribution in [0.1, 0.15) is 12.8 Å². The van der Waals surface area contributed by atoms with Crippen LogP contribution in [0.5, 0.6) is 0 Å². The van der Waals surface area contributed by atoms with Crippen LogP contribution < -0.4 is 5.32 Å². The summed E-state index contributed by atoms with van der Waals surface area (Å²) in [5.41, 5.74) is -0.786. The first kappa shape index (κ1) is 14.6. The molecule has 110 valence electrons. The van der Waals surface area contributed by atoms with Gasteiger partial charge in [-0.25, -0.2) is 8.78 Å². The standard InChI is InChI=1S/C13H17F2N3O2/c1-17-6-4-9(5-7-17)8-16-13-11(18(19)20)3-2-10(14)12(13)15/h2-3,9,16H,4-8H2,1H3. The zero-order valence-corrected chi connectivity index (χ0v) is 11.2. The van der Waals surface area contributed by atoms with Crippen LogP contribution in [0.15, 0.2) is 12.1 Å². The van der Waals surface area contributed by atoms with Crippen LogP contribution in [0.2, 0.25) is 0 Å². The van der Waals surface area contributed by atoms with Gasteiger partial charge >= 0.3 is 0 Å². The van der Waals surface area contributed by atoms with E-state index in [1.807, 2.05) is 7.05 Å². The van der Waals surface area contributed by atoms with E-state index < -0.39 is 22.2 Å². The number of rotatable bonds is 4. The van der Waals surface area contributed by atoms with Crippen LogP contribution in [0.25, 0.3) is 0 Å². The average molecular weight is 285 g/mol. The van der Waals surface area contributed by atoms with E-state index in [1.165, 1.54) is 0 Å². The smallest absolute Gasteiger partial charge is 0.295 e. The largest absolute Gasteiger partial charge is 0.377 e. The maximum Gasteiger partial charge on any atom is 0.295 e. The number of benzene rings is 1. The Morgan fingerprint density at radius 2 is 2.05 bits per heavy atom. The topological polar surface area (TPSA) is 58.4 Å². The first-order valence-corrected chi connectivity index (χ1v) is 6.54. The molecule has 0 aromatic heterocycles. The van der Waals surface area contributed by atoms with Crippen molar-refractivity contribution in [2.75, 3.05) is 32.0 Å². The van der Waals surface area contributed by atoms with Crippen LogP contribution in [-0.2, 0) is 0 Å². The van der Waals surface area contributed by atoms with Crippen LogP contribution in [0.4, 0.5) is 20.2 Å². The molecule has 0 unspecified atom stereocenters. The highest BCUT2D eigenvalue weighted by Gasteiger charge is 2.23. The lowest BCUT2D eigenvalue weighted by molar-refractivity contribution is -0.384. The summed E-state index contributed by atoms with van der Waals surface area (Å²) in [5.74, 6) is -1.96. The van der Waals surface area contributed by atoms with Crippen LogP contribution in [0, 0.1) is 27.7 Å². The molecule has 0 aliphatic carbocycles. The summed E-state index contributed by atoms with van der Waals surface area (Å²) in [6.07, 6.45) is 1.88. The number of anilines is 1. The van der Waals surface area contributed by atoms with Gasteiger partial charge in [-0.2, -0.15) is 0 Å². The molecule has 1 aromatic rings. The molecule has 7 heteroatoms. The summed E-state index contributed by atoms with van der Waals surface area (Å²) in [5, 5.41) is 13.6. The number of halogens is 2. The molecule has 0 atom stereocenters. The molecular formula is C13H17F2N3O2. The predicted molar refractivity (Wildman–Crippen MR) is 71.7 cm³/mol. The molecular weight excluding hydrogens is 268 g/mol. The second kappa shape index (κ2) is 6.13. The van der Waals surface area contributed by atoms with Gasteiger partial charge in [0.25, 0.3) is 5.69 Å². The van der Waals surface area contributed by atoms with Gasteiger partial charge in [-0.15, -0.1) is 0 Å². The molecule has 2 rings (SSSR count). The van der Waals surface area contributed by atoms with E-state index >= 15 is 0 Å².